The second-order valence-electron chi connectivity index (χ2n) is 9.13. The van der Waals surface area contributed by atoms with Crippen LogP contribution in [0.1, 0.15) is 71.3 Å². The number of methoxy groups -OCH3 is 1. The highest BCUT2D eigenvalue weighted by Gasteiger charge is 2.45. The summed E-state index contributed by atoms with van der Waals surface area (Å²) in [5, 5.41) is 6.96. The molecule has 0 saturated heterocycles. The van der Waals surface area contributed by atoms with Crippen LogP contribution in [-0.4, -0.2) is 47.8 Å². The van der Waals surface area contributed by atoms with Crippen molar-refractivity contribution in [1.82, 2.24) is 0 Å². The number of nitrogens with one attached hydrogen (secondary N) is 2. The number of ether oxygens (including phenoxy) is 2. The van der Waals surface area contributed by atoms with Crippen molar-refractivity contribution in [1.29, 1.82) is 0 Å². The molecule has 0 spiro atoms. The highest BCUT2D eigenvalue weighted by molar-refractivity contribution is 7.78. The Hall–Kier alpha value is -2.13. The van der Waals surface area contributed by atoms with Crippen LogP contribution in [0.4, 0.5) is 11.4 Å². The van der Waals surface area contributed by atoms with Crippen molar-refractivity contribution in [3.8, 4) is 5.75 Å². The molecular weight excluding hydrogens is 524 g/mol. The number of benzene rings is 2. The molecule has 0 bridgehead atoms. The average Bonchev–Trinajstić information content (AvgIpc) is 3.14. The third kappa shape index (κ3) is 11.7. The molecule has 0 aliphatic carbocycles. The number of halogens is 1. The van der Waals surface area contributed by atoms with E-state index >= 15 is 0 Å². The molecule has 1 aliphatic rings. The first kappa shape index (κ1) is 33.9. The van der Waals surface area contributed by atoms with Gasteiger partial charge in [0.15, 0.2) is 0 Å². The molecule has 0 radical (unpaired) electrons. The van der Waals surface area contributed by atoms with Gasteiger partial charge in [-0.05, 0) is 73.5 Å². The van der Waals surface area contributed by atoms with Gasteiger partial charge in [0.1, 0.15) is 5.75 Å². The fourth-order valence-electron chi connectivity index (χ4n) is 4.37. The van der Waals surface area contributed by atoms with Crippen LogP contribution >= 0.6 is 11.6 Å². The Morgan fingerprint density at radius 3 is 2.18 bits per heavy atom. The number of carbonyl (C=O) groups excluding carboxylic acids is 1. The molecule has 2 N–H and O–H groups in total. The number of hydrogen-bond acceptors (Lipinski definition) is 6. The molecule has 1 amide bonds. The van der Waals surface area contributed by atoms with Gasteiger partial charge in [-0.1, -0.05) is 69.1 Å². The van der Waals surface area contributed by atoms with Crippen molar-refractivity contribution in [2.24, 2.45) is 0 Å². The van der Waals surface area contributed by atoms with Crippen LogP contribution in [0, 0.1) is 0 Å². The Labute approximate surface area is 236 Å². The average molecular weight is 568 g/mol. The minimum Gasteiger partial charge on any atom is -0.773 e. The van der Waals surface area contributed by atoms with E-state index in [1.54, 1.807) is 7.11 Å². The molecule has 2 aromatic carbocycles. The number of fused-ring (bicyclic) bond motifs is 1. The zero-order valence-corrected chi connectivity index (χ0v) is 25.0. The second kappa shape index (κ2) is 19.0. The van der Waals surface area contributed by atoms with Gasteiger partial charge in [0, 0.05) is 30.1 Å². The van der Waals surface area contributed by atoms with Gasteiger partial charge in [-0.15, -0.1) is 0 Å². The van der Waals surface area contributed by atoms with Crippen LogP contribution < -0.4 is 15.4 Å². The molecule has 1 unspecified atom stereocenters. The number of hydrogen-bond donors (Lipinski definition) is 2. The van der Waals surface area contributed by atoms with Gasteiger partial charge >= 0.3 is 0 Å². The molecule has 214 valence electrons. The van der Waals surface area contributed by atoms with Crippen LogP contribution in [0.25, 0.3) is 0 Å². The Morgan fingerprint density at radius 2 is 1.63 bits per heavy atom. The highest BCUT2D eigenvalue weighted by atomic mass is 35.5. The fourth-order valence-corrected chi connectivity index (χ4v) is 4.54. The van der Waals surface area contributed by atoms with Gasteiger partial charge in [0.2, 0.25) is 5.91 Å². The Kier molecular flexibility index (Phi) is 17.0. The monoisotopic (exact) mass is 567 g/mol. The van der Waals surface area contributed by atoms with Crippen molar-refractivity contribution in [2.45, 2.75) is 71.1 Å². The van der Waals surface area contributed by atoms with Crippen molar-refractivity contribution in [2.75, 3.05) is 43.8 Å². The maximum atomic E-state index is 12.3. The normalized spacial score (nSPS) is 13.7. The summed E-state index contributed by atoms with van der Waals surface area (Å²) in [6, 6.07) is 13.7. The van der Waals surface area contributed by atoms with E-state index in [1.165, 1.54) is 12.8 Å². The number of anilines is 2. The van der Waals surface area contributed by atoms with Crippen LogP contribution in [0.2, 0.25) is 5.02 Å². The summed E-state index contributed by atoms with van der Waals surface area (Å²) < 4.78 is 28.6. The molecule has 1 heterocycles. The maximum absolute atomic E-state index is 12.3. The van der Waals surface area contributed by atoms with E-state index in [9.17, 15) is 4.79 Å². The number of amides is 1. The summed E-state index contributed by atoms with van der Waals surface area (Å²) in [5.41, 5.74) is 2.76. The SMILES string of the molecule is CCCC1(CCC)C(=O)Nc2ccc(Cl)cc21.CCCCCOc1ccc(NCCOC)cc1.CS(=O)[O-]. The summed E-state index contributed by atoms with van der Waals surface area (Å²) >= 11 is 4.20. The standard InChI is InChI=1S/C14H18ClNO.C14H23NO2.CH4O2S/c1-3-7-14(8-4-2)11-9-10(15)5-6-12(11)16-13(14)17;1-3-4-5-11-17-14-8-6-13(7-9-14)15-10-12-16-2;1-4(2)3/h5-6,9H,3-4,7-8H2,1-2H3,(H,16,17);6-9,15H,3-5,10-12H2,1-2H3;1H3,(H,2,3)/p-1. The summed E-state index contributed by atoms with van der Waals surface area (Å²) in [4.78, 5) is 12.3. The van der Waals surface area contributed by atoms with E-state index < -0.39 is 11.1 Å². The molecule has 3 rings (SSSR count). The van der Waals surface area contributed by atoms with Crippen molar-refractivity contribution in [3.05, 3.63) is 53.1 Å². The minimum atomic E-state index is -1.86. The molecule has 0 aromatic heterocycles. The lowest BCUT2D eigenvalue weighted by Gasteiger charge is -2.26. The minimum absolute atomic E-state index is 0.137. The largest absolute Gasteiger partial charge is 0.773 e. The van der Waals surface area contributed by atoms with E-state index in [1.807, 2.05) is 42.5 Å². The third-order valence-electron chi connectivity index (χ3n) is 6.04. The number of carbonyl (C=O) groups is 1. The Bertz CT molecular complexity index is 962. The van der Waals surface area contributed by atoms with Gasteiger partial charge < -0.3 is 24.7 Å². The summed E-state index contributed by atoms with van der Waals surface area (Å²) in [5.74, 6) is 1.08. The third-order valence-corrected chi connectivity index (χ3v) is 6.27. The first-order valence-corrected chi connectivity index (χ1v) is 15.2. The molecule has 0 saturated carbocycles. The molecule has 38 heavy (non-hydrogen) atoms. The number of unbranched alkanes of at least 4 members (excludes halogenated alkanes) is 2. The van der Waals surface area contributed by atoms with Gasteiger partial charge in [0.25, 0.3) is 0 Å². The Balaban J connectivity index is 0.000000333. The van der Waals surface area contributed by atoms with Crippen LogP contribution in [0.15, 0.2) is 42.5 Å². The lowest BCUT2D eigenvalue weighted by atomic mass is 9.74. The Morgan fingerprint density at radius 1 is 1.00 bits per heavy atom. The first-order chi connectivity index (χ1) is 18.2. The van der Waals surface area contributed by atoms with Crippen molar-refractivity contribution < 1.29 is 23.0 Å². The molecule has 9 heteroatoms. The van der Waals surface area contributed by atoms with E-state index in [0.29, 0.717) is 5.02 Å². The molecule has 1 atom stereocenters. The zero-order valence-electron chi connectivity index (χ0n) is 23.4. The van der Waals surface area contributed by atoms with E-state index in [0.717, 1.165) is 80.8 Å². The van der Waals surface area contributed by atoms with Gasteiger partial charge in [-0.3, -0.25) is 9.00 Å². The molecular formula is C29H44ClN2O5S-. The summed E-state index contributed by atoms with van der Waals surface area (Å²) in [7, 11) is 1.70. The van der Waals surface area contributed by atoms with E-state index in [-0.39, 0.29) is 11.3 Å². The smallest absolute Gasteiger partial charge is 0.235 e. The molecule has 2 aromatic rings. The van der Waals surface area contributed by atoms with Crippen molar-refractivity contribution >= 4 is 40.0 Å². The van der Waals surface area contributed by atoms with Gasteiger partial charge in [-0.25, -0.2) is 0 Å². The maximum Gasteiger partial charge on any atom is 0.235 e. The molecule has 1 aliphatic heterocycles. The second-order valence-corrected chi connectivity index (χ2v) is 10.4. The molecule has 7 nitrogen and oxygen atoms in total. The van der Waals surface area contributed by atoms with E-state index in [2.05, 4.69) is 31.4 Å². The highest BCUT2D eigenvalue weighted by Crippen LogP contribution is 2.45. The summed E-state index contributed by atoms with van der Waals surface area (Å²) in [6.07, 6.45) is 8.45. The first-order valence-electron chi connectivity index (χ1n) is 13.3. The molecule has 0 fully saturated rings. The fraction of sp³-hybridized carbons (Fsp3) is 0.552. The predicted molar refractivity (Wildman–Crippen MR) is 158 cm³/mol. The van der Waals surface area contributed by atoms with Crippen molar-refractivity contribution in [3.63, 3.8) is 0 Å². The van der Waals surface area contributed by atoms with Crippen LogP contribution in [-0.2, 0) is 26.0 Å². The van der Waals surface area contributed by atoms with E-state index in [4.69, 9.17) is 29.8 Å². The topological polar surface area (TPSA) is 99.7 Å². The van der Waals surface area contributed by atoms with Crippen LogP contribution in [0.5, 0.6) is 5.75 Å². The van der Waals surface area contributed by atoms with Crippen LogP contribution in [0.3, 0.4) is 0 Å². The quantitative estimate of drug-likeness (QED) is 0.201. The van der Waals surface area contributed by atoms with Gasteiger partial charge in [0.05, 0.1) is 18.6 Å². The lowest BCUT2D eigenvalue weighted by Crippen LogP contribution is -2.34. The number of rotatable bonds is 13. The predicted octanol–water partition coefficient (Wildman–Crippen LogP) is 6.94. The zero-order chi connectivity index (χ0) is 28.4. The lowest BCUT2D eigenvalue weighted by molar-refractivity contribution is -0.121. The summed E-state index contributed by atoms with van der Waals surface area (Å²) in [6.45, 7) is 8.79. The van der Waals surface area contributed by atoms with Gasteiger partial charge in [-0.2, -0.15) is 0 Å².